The molecule has 0 spiro atoms. The second kappa shape index (κ2) is 7.18. The Labute approximate surface area is 163 Å². The summed E-state index contributed by atoms with van der Waals surface area (Å²) in [5.41, 5.74) is 1.74. The maximum absolute atomic E-state index is 11.4. The molecule has 0 aliphatic heterocycles. The number of halogens is 4. The molecule has 4 nitrogen and oxygen atoms in total. The molecule has 0 atom stereocenters. The zero-order chi connectivity index (χ0) is 18.1. The number of rotatable bonds is 3. The van der Waals surface area contributed by atoms with Gasteiger partial charge in [-0.1, -0.05) is 58.5 Å². The summed E-state index contributed by atoms with van der Waals surface area (Å²) >= 11 is 23.9. The monoisotopic (exact) mass is 412 g/mol. The van der Waals surface area contributed by atoms with Crippen molar-refractivity contribution >= 4 is 52.1 Å². The lowest BCUT2D eigenvalue weighted by atomic mass is 10.1. The summed E-state index contributed by atoms with van der Waals surface area (Å²) in [6.45, 7) is 0. The summed E-state index contributed by atoms with van der Waals surface area (Å²) in [7, 11) is 0. The molecule has 3 aromatic rings. The minimum Gasteiger partial charge on any atom is -0.258 e. The number of nitrogens with zero attached hydrogens (tertiary/aromatic N) is 2. The average molecular weight is 414 g/mol. The molecule has 1 aromatic heterocycles. The van der Waals surface area contributed by atoms with Crippen LogP contribution in [0.4, 0.5) is 5.69 Å². The number of benzene rings is 2. The first-order valence-electron chi connectivity index (χ1n) is 6.93. The first kappa shape index (κ1) is 18.0. The van der Waals surface area contributed by atoms with Gasteiger partial charge in [-0.05, 0) is 30.3 Å². The highest BCUT2D eigenvalue weighted by Gasteiger charge is 2.19. The second-order valence-corrected chi connectivity index (χ2v) is 6.71. The van der Waals surface area contributed by atoms with Gasteiger partial charge in [-0.15, -0.1) is 0 Å². The molecule has 0 saturated carbocycles. The molecule has 8 heteroatoms. The molecule has 3 rings (SSSR count). The van der Waals surface area contributed by atoms with Crippen LogP contribution >= 0.6 is 46.4 Å². The maximum Gasteiger partial charge on any atom is 0.295 e. The van der Waals surface area contributed by atoms with E-state index in [9.17, 15) is 10.1 Å². The predicted octanol–water partition coefficient (Wildman–Crippen LogP) is 6.94. The van der Waals surface area contributed by atoms with E-state index in [1.54, 1.807) is 36.4 Å². The first-order chi connectivity index (χ1) is 11.9. The summed E-state index contributed by atoms with van der Waals surface area (Å²) in [5, 5.41) is 12.8. The van der Waals surface area contributed by atoms with E-state index < -0.39 is 4.92 Å². The molecule has 0 radical (unpaired) electrons. The third-order valence-electron chi connectivity index (χ3n) is 3.48. The molecular formula is C17H8Cl4N2O2. The molecular weight excluding hydrogens is 406 g/mol. The van der Waals surface area contributed by atoms with E-state index in [2.05, 4.69) is 4.98 Å². The zero-order valence-corrected chi connectivity index (χ0v) is 15.4. The van der Waals surface area contributed by atoms with Crippen molar-refractivity contribution in [2.24, 2.45) is 0 Å². The van der Waals surface area contributed by atoms with E-state index >= 15 is 0 Å². The van der Waals surface area contributed by atoms with Gasteiger partial charge in [0.05, 0.1) is 30.7 Å². The van der Waals surface area contributed by atoms with E-state index in [1.165, 1.54) is 12.1 Å². The van der Waals surface area contributed by atoms with Crippen LogP contribution < -0.4 is 0 Å². The topological polar surface area (TPSA) is 56.0 Å². The van der Waals surface area contributed by atoms with Gasteiger partial charge in [0.15, 0.2) is 0 Å². The Kier molecular flexibility index (Phi) is 5.16. The van der Waals surface area contributed by atoms with Gasteiger partial charge in [0.2, 0.25) is 0 Å². The number of nitro groups is 1. The van der Waals surface area contributed by atoms with Crippen LogP contribution in [-0.4, -0.2) is 9.91 Å². The highest BCUT2D eigenvalue weighted by atomic mass is 35.5. The van der Waals surface area contributed by atoms with Gasteiger partial charge in [0.25, 0.3) is 5.69 Å². The molecule has 126 valence electrons. The lowest BCUT2D eigenvalue weighted by molar-refractivity contribution is -0.384. The summed E-state index contributed by atoms with van der Waals surface area (Å²) in [6, 6.07) is 12.7. The van der Waals surface area contributed by atoms with E-state index in [1.807, 2.05) is 0 Å². The van der Waals surface area contributed by atoms with Gasteiger partial charge >= 0.3 is 0 Å². The van der Waals surface area contributed by atoms with E-state index in [4.69, 9.17) is 46.4 Å². The zero-order valence-electron chi connectivity index (χ0n) is 12.3. The Morgan fingerprint density at radius 2 is 1.32 bits per heavy atom. The first-order valence-corrected chi connectivity index (χ1v) is 8.44. The lowest BCUT2D eigenvalue weighted by Crippen LogP contribution is -1.96. The van der Waals surface area contributed by atoms with Crippen molar-refractivity contribution in [3.8, 4) is 22.5 Å². The van der Waals surface area contributed by atoms with Crippen LogP contribution in [0.15, 0.2) is 48.5 Å². The Hall–Kier alpha value is -1.85. The Bertz CT molecular complexity index is 992. The summed E-state index contributed by atoms with van der Waals surface area (Å²) in [4.78, 5) is 15.3. The van der Waals surface area contributed by atoms with Crippen molar-refractivity contribution in [1.82, 2.24) is 4.98 Å². The minimum absolute atomic E-state index is 0.137. The third-order valence-corrected chi connectivity index (χ3v) is 4.96. The SMILES string of the molecule is O=[N+]([O-])c1ccc(-c2ccc(Cl)c(Cl)c2)nc1-c1ccc(Cl)c(Cl)c1. The highest BCUT2D eigenvalue weighted by molar-refractivity contribution is 6.42. The fraction of sp³-hybridized carbons (Fsp3) is 0. The van der Waals surface area contributed by atoms with Crippen molar-refractivity contribution in [2.75, 3.05) is 0 Å². The largest absolute Gasteiger partial charge is 0.295 e. The van der Waals surface area contributed by atoms with Gasteiger partial charge in [0.1, 0.15) is 5.69 Å². The van der Waals surface area contributed by atoms with Crippen molar-refractivity contribution in [3.05, 3.63) is 78.7 Å². The fourth-order valence-corrected chi connectivity index (χ4v) is 2.87. The Balaban J connectivity index is 2.19. The molecule has 0 amide bonds. The molecule has 0 unspecified atom stereocenters. The molecule has 0 bridgehead atoms. The summed E-state index contributed by atoms with van der Waals surface area (Å²) in [5.74, 6) is 0. The number of hydrogen-bond donors (Lipinski definition) is 0. The summed E-state index contributed by atoms with van der Waals surface area (Å²) in [6.07, 6.45) is 0. The van der Waals surface area contributed by atoms with E-state index in [-0.39, 0.29) is 16.4 Å². The van der Waals surface area contributed by atoms with Crippen LogP contribution in [-0.2, 0) is 0 Å². The molecule has 0 saturated heterocycles. The number of pyridine rings is 1. The van der Waals surface area contributed by atoms with Crippen molar-refractivity contribution in [1.29, 1.82) is 0 Å². The highest BCUT2D eigenvalue weighted by Crippen LogP contribution is 2.35. The molecule has 2 aromatic carbocycles. The minimum atomic E-state index is -0.497. The van der Waals surface area contributed by atoms with Crippen LogP contribution in [0.2, 0.25) is 20.1 Å². The van der Waals surface area contributed by atoms with Gasteiger partial charge < -0.3 is 0 Å². The Morgan fingerprint density at radius 3 is 1.88 bits per heavy atom. The fourth-order valence-electron chi connectivity index (χ4n) is 2.27. The van der Waals surface area contributed by atoms with Crippen LogP contribution in [0.3, 0.4) is 0 Å². The van der Waals surface area contributed by atoms with E-state index in [0.29, 0.717) is 31.9 Å². The standard InChI is InChI=1S/C17H8Cl4N2O2/c18-11-3-1-9(7-13(11)20)15-5-6-16(23(24)25)17(22-15)10-2-4-12(19)14(21)8-10/h1-8H. The molecule has 0 N–H and O–H groups in total. The normalized spacial score (nSPS) is 10.7. The van der Waals surface area contributed by atoms with Crippen LogP contribution in [0.1, 0.15) is 0 Å². The smallest absolute Gasteiger partial charge is 0.258 e. The Morgan fingerprint density at radius 1 is 0.760 bits per heavy atom. The molecule has 0 aliphatic carbocycles. The lowest BCUT2D eigenvalue weighted by Gasteiger charge is -2.08. The van der Waals surface area contributed by atoms with Crippen LogP contribution in [0.5, 0.6) is 0 Å². The number of aromatic nitrogens is 1. The predicted molar refractivity (Wildman–Crippen MR) is 102 cm³/mol. The molecule has 1 heterocycles. The summed E-state index contributed by atoms with van der Waals surface area (Å²) < 4.78 is 0. The van der Waals surface area contributed by atoms with E-state index in [0.717, 1.165) is 0 Å². The van der Waals surface area contributed by atoms with Crippen molar-refractivity contribution in [3.63, 3.8) is 0 Å². The maximum atomic E-state index is 11.4. The van der Waals surface area contributed by atoms with Gasteiger partial charge in [-0.25, -0.2) is 4.98 Å². The van der Waals surface area contributed by atoms with Gasteiger partial charge in [-0.3, -0.25) is 10.1 Å². The van der Waals surface area contributed by atoms with Gasteiger partial charge in [-0.2, -0.15) is 0 Å². The average Bonchev–Trinajstić information content (AvgIpc) is 2.59. The molecule has 0 fully saturated rings. The molecule has 25 heavy (non-hydrogen) atoms. The van der Waals surface area contributed by atoms with Crippen LogP contribution in [0, 0.1) is 10.1 Å². The number of hydrogen-bond acceptors (Lipinski definition) is 3. The molecule has 0 aliphatic rings. The quantitative estimate of drug-likeness (QED) is 0.345. The van der Waals surface area contributed by atoms with Gasteiger partial charge in [0, 0.05) is 17.2 Å². The van der Waals surface area contributed by atoms with Crippen LogP contribution in [0.25, 0.3) is 22.5 Å². The van der Waals surface area contributed by atoms with Crippen molar-refractivity contribution < 1.29 is 4.92 Å². The third kappa shape index (κ3) is 3.72. The second-order valence-electron chi connectivity index (χ2n) is 5.08. The van der Waals surface area contributed by atoms with Crippen molar-refractivity contribution in [2.45, 2.75) is 0 Å².